The highest BCUT2D eigenvalue weighted by atomic mass is 35.5. The van der Waals surface area contributed by atoms with E-state index in [4.69, 9.17) is 51.1 Å². The van der Waals surface area contributed by atoms with Crippen molar-refractivity contribution in [2.24, 2.45) is 11.0 Å². The molecule has 0 radical (unpaired) electrons. The van der Waals surface area contributed by atoms with Crippen molar-refractivity contribution in [3.05, 3.63) is 98.1 Å². The molecule has 0 aliphatic heterocycles. The first kappa shape index (κ1) is 31.7. The predicted octanol–water partition coefficient (Wildman–Crippen LogP) is 7.75. The van der Waals surface area contributed by atoms with E-state index in [1.54, 1.807) is 37.4 Å². The average Bonchev–Trinajstić information content (AvgIpc) is 3.28. The average molecular weight is 648 g/mol. The van der Waals surface area contributed by atoms with Gasteiger partial charge in [-0.15, -0.1) is 0 Å². The first-order valence-electron chi connectivity index (χ1n) is 13.3. The quantitative estimate of drug-likeness (QED) is 0.129. The monoisotopic (exact) mass is 646 g/mol. The summed E-state index contributed by atoms with van der Waals surface area (Å²) in [6.45, 7) is 6.03. The lowest BCUT2D eigenvalue weighted by atomic mass is 10.0. The summed E-state index contributed by atoms with van der Waals surface area (Å²) in [6.07, 6.45) is 3.03. The van der Waals surface area contributed by atoms with Gasteiger partial charge in [-0.05, 0) is 61.2 Å². The van der Waals surface area contributed by atoms with Crippen molar-refractivity contribution in [2.75, 3.05) is 0 Å². The van der Waals surface area contributed by atoms with E-state index in [9.17, 15) is 9.59 Å². The largest absolute Gasteiger partial charge is 0.479 e. The van der Waals surface area contributed by atoms with E-state index in [2.05, 4.69) is 20.4 Å². The number of hydrogen-bond donors (Lipinski definition) is 2. The fourth-order valence-electron chi connectivity index (χ4n) is 4.39. The van der Waals surface area contributed by atoms with Crippen molar-refractivity contribution in [1.82, 2.24) is 15.3 Å². The van der Waals surface area contributed by atoms with Crippen molar-refractivity contribution < 1.29 is 14.3 Å². The Bertz CT molecular complexity index is 1620. The molecule has 220 valence electrons. The van der Waals surface area contributed by atoms with Crippen LogP contribution < -0.4 is 15.5 Å². The van der Waals surface area contributed by atoms with Crippen LogP contribution in [0.25, 0.3) is 10.9 Å². The minimum atomic E-state index is -0.907. The number of halogens is 4. The number of fused-ring (bicyclic) bond motifs is 1. The van der Waals surface area contributed by atoms with E-state index in [-0.39, 0.29) is 10.9 Å². The lowest BCUT2D eigenvalue weighted by Gasteiger charge is -2.22. The Hall–Kier alpha value is -3.23. The number of ether oxygens (including phenoxy) is 1. The molecule has 0 saturated carbocycles. The van der Waals surface area contributed by atoms with Gasteiger partial charge >= 0.3 is 0 Å². The number of nitrogens with zero attached hydrogens (tertiary/aromatic N) is 2. The molecule has 1 heterocycles. The molecule has 2 atom stereocenters. The standard InChI is InChI=1S/C31H30Cl4N4O3/c1-18(2)12-27(37-30(40)19(3)42-29-11-10-23(33)14-26(29)35)31(41)38-36-15-21-17-39(28-7-5-4-6-24(21)28)16-20-8-9-22(32)13-25(20)34/h4-11,13-15,17-19,27H,12,16H2,1-3H3,(H,37,40)(H,38,41)/b36-15-/t19-,27+/m1/s1. The predicted molar refractivity (Wildman–Crippen MR) is 171 cm³/mol. The van der Waals surface area contributed by atoms with Crippen LogP contribution in [0.2, 0.25) is 20.1 Å². The second-order valence-corrected chi connectivity index (χ2v) is 11.9. The van der Waals surface area contributed by atoms with Crippen LogP contribution in [0.15, 0.2) is 72.0 Å². The van der Waals surface area contributed by atoms with Crippen molar-refractivity contribution in [1.29, 1.82) is 0 Å². The minimum absolute atomic E-state index is 0.129. The van der Waals surface area contributed by atoms with E-state index >= 15 is 0 Å². The second-order valence-electron chi connectivity index (χ2n) is 10.2. The summed E-state index contributed by atoms with van der Waals surface area (Å²) in [7, 11) is 0. The van der Waals surface area contributed by atoms with Gasteiger partial charge in [0.2, 0.25) is 0 Å². The Labute approximate surface area is 264 Å². The molecule has 0 aliphatic rings. The van der Waals surface area contributed by atoms with Gasteiger partial charge in [-0.25, -0.2) is 5.43 Å². The lowest BCUT2D eigenvalue weighted by Crippen LogP contribution is -2.49. The highest BCUT2D eigenvalue weighted by Crippen LogP contribution is 2.29. The van der Waals surface area contributed by atoms with E-state index in [1.807, 2.05) is 50.4 Å². The number of hydrazone groups is 1. The smallest absolute Gasteiger partial charge is 0.262 e. The second kappa shape index (κ2) is 14.3. The molecule has 1 aromatic heterocycles. The van der Waals surface area contributed by atoms with E-state index in [0.29, 0.717) is 33.8 Å². The zero-order chi connectivity index (χ0) is 30.4. The van der Waals surface area contributed by atoms with Gasteiger partial charge in [0.15, 0.2) is 6.10 Å². The molecule has 4 aromatic rings. The van der Waals surface area contributed by atoms with Crippen molar-refractivity contribution in [3.8, 4) is 5.75 Å². The molecule has 3 aromatic carbocycles. The Kier molecular flexibility index (Phi) is 10.8. The molecule has 11 heteroatoms. The number of carbonyl (C=O) groups is 2. The lowest BCUT2D eigenvalue weighted by molar-refractivity contribution is -0.132. The summed E-state index contributed by atoms with van der Waals surface area (Å²) < 4.78 is 7.76. The fourth-order valence-corrected chi connectivity index (χ4v) is 5.31. The summed E-state index contributed by atoms with van der Waals surface area (Å²) in [4.78, 5) is 26.0. The molecular formula is C31H30Cl4N4O3. The molecule has 42 heavy (non-hydrogen) atoms. The van der Waals surface area contributed by atoms with Crippen LogP contribution >= 0.6 is 46.4 Å². The molecular weight excluding hydrogens is 618 g/mol. The number of rotatable bonds is 11. The molecule has 7 nitrogen and oxygen atoms in total. The molecule has 0 bridgehead atoms. The maximum absolute atomic E-state index is 13.1. The first-order valence-corrected chi connectivity index (χ1v) is 14.8. The third-order valence-electron chi connectivity index (χ3n) is 6.46. The Balaban J connectivity index is 1.45. The van der Waals surface area contributed by atoms with Crippen LogP contribution in [0.3, 0.4) is 0 Å². The molecule has 0 fully saturated rings. The van der Waals surface area contributed by atoms with Crippen molar-refractivity contribution >= 4 is 75.3 Å². The van der Waals surface area contributed by atoms with Gasteiger partial charge in [0.05, 0.1) is 11.2 Å². The van der Waals surface area contributed by atoms with Gasteiger partial charge in [0.25, 0.3) is 11.8 Å². The number of benzene rings is 3. The van der Waals surface area contributed by atoms with Gasteiger partial charge < -0.3 is 14.6 Å². The Morgan fingerprint density at radius 2 is 1.62 bits per heavy atom. The zero-order valence-corrected chi connectivity index (χ0v) is 26.2. The number of para-hydroxylation sites is 1. The summed E-state index contributed by atoms with van der Waals surface area (Å²) >= 11 is 24.6. The summed E-state index contributed by atoms with van der Waals surface area (Å²) in [5, 5.41) is 9.84. The summed E-state index contributed by atoms with van der Waals surface area (Å²) in [5.41, 5.74) is 5.29. The van der Waals surface area contributed by atoms with Gasteiger partial charge in [-0.2, -0.15) is 5.10 Å². The minimum Gasteiger partial charge on any atom is -0.479 e. The number of amides is 2. The van der Waals surface area contributed by atoms with Gasteiger partial charge in [-0.1, -0.05) is 84.5 Å². The SMILES string of the molecule is CC(C)C[C@H](NC(=O)[C@@H](C)Oc1ccc(Cl)cc1Cl)C(=O)N/N=C\c1cn(Cc2ccc(Cl)cc2Cl)c2ccccc12. The molecule has 0 aliphatic carbocycles. The van der Waals surface area contributed by atoms with Gasteiger partial charge in [-0.3, -0.25) is 9.59 Å². The normalized spacial score (nSPS) is 13.0. The Morgan fingerprint density at radius 1 is 0.929 bits per heavy atom. The van der Waals surface area contributed by atoms with Gasteiger partial charge in [0.1, 0.15) is 11.8 Å². The zero-order valence-electron chi connectivity index (χ0n) is 23.2. The highest BCUT2D eigenvalue weighted by molar-refractivity contribution is 6.35. The maximum atomic E-state index is 13.1. The maximum Gasteiger partial charge on any atom is 0.262 e. The summed E-state index contributed by atoms with van der Waals surface area (Å²) in [6, 6.07) is 17.2. The van der Waals surface area contributed by atoms with Crippen molar-refractivity contribution in [3.63, 3.8) is 0 Å². The van der Waals surface area contributed by atoms with Crippen LogP contribution in [0.1, 0.15) is 38.3 Å². The summed E-state index contributed by atoms with van der Waals surface area (Å²) in [5.74, 6) is -0.461. The molecule has 2 N–H and O–H groups in total. The Morgan fingerprint density at radius 3 is 2.31 bits per heavy atom. The van der Waals surface area contributed by atoms with Crippen LogP contribution in [-0.4, -0.2) is 34.7 Å². The highest BCUT2D eigenvalue weighted by Gasteiger charge is 2.25. The number of aromatic nitrogens is 1. The molecule has 0 spiro atoms. The van der Waals surface area contributed by atoms with E-state index < -0.39 is 24.0 Å². The third-order valence-corrected chi connectivity index (χ3v) is 7.58. The number of hydrogen-bond acceptors (Lipinski definition) is 4. The molecule has 0 unspecified atom stereocenters. The van der Waals surface area contributed by atoms with Crippen LogP contribution in [0.4, 0.5) is 0 Å². The van der Waals surface area contributed by atoms with Gasteiger partial charge in [0, 0.05) is 44.3 Å². The van der Waals surface area contributed by atoms with E-state index in [1.165, 1.54) is 6.07 Å². The number of nitrogens with one attached hydrogen (secondary N) is 2. The van der Waals surface area contributed by atoms with Crippen molar-refractivity contribution in [2.45, 2.75) is 45.9 Å². The molecule has 2 amide bonds. The molecule has 4 rings (SSSR count). The van der Waals surface area contributed by atoms with Crippen LogP contribution in [0.5, 0.6) is 5.75 Å². The fraction of sp³-hybridized carbons (Fsp3) is 0.258. The first-order chi connectivity index (χ1) is 20.0. The van der Waals surface area contributed by atoms with Crippen LogP contribution in [-0.2, 0) is 16.1 Å². The number of carbonyl (C=O) groups excluding carboxylic acids is 2. The van der Waals surface area contributed by atoms with Crippen LogP contribution in [0, 0.1) is 5.92 Å². The molecule has 0 saturated heterocycles. The van der Waals surface area contributed by atoms with E-state index in [0.717, 1.165) is 22.0 Å². The third kappa shape index (κ3) is 8.19. The topological polar surface area (TPSA) is 84.7 Å².